The highest BCUT2D eigenvalue weighted by Crippen LogP contribution is 2.31. The van der Waals surface area contributed by atoms with E-state index in [-0.39, 0.29) is 5.91 Å². The summed E-state index contributed by atoms with van der Waals surface area (Å²) in [5.74, 6) is 0.0636. The summed E-state index contributed by atoms with van der Waals surface area (Å²) in [6, 6.07) is 8.16. The molecule has 2 heterocycles. The molecule has 0 bridgehead atoms. The number of aromatic nitrogens is 2. The topological polar surface area (TPSA) is 38.1 Å². The van der Waals surface area contributed by atoms with Gasteiger partial charge in [0.15, 0.2) is 5.69 Å². The first-order valence-electron chi connectivity index (χ1n) is 7.20. The fourth-order valence-electron chi connectivity index (χ4n) is 3.46. The van der Waals surface area contributed by atoms with Crippen molar-refractivity contribution in [2.75, 3.05) is 11.4 Å². The van der Waals surface area contributed by atoms with E-state index in [1.165, 1.54) is 16.8 Å². The van der Waals surface area contributed by atoms with Gasteiger partial charge < -0.3 is 4.90 Å². The molecule has 20 heavy (non-hydrogen) atoms. The molecule has 0 atom stereocenters. The van der Waals surface area contributed by atoms with E-state index in [1.54, 1.807) is 0 Å². The molecular formula is C16H17N3O. The van der Waals surface area contributed by atoms with Gasteiger partial charge in [0, 0.05) is 30.5 Å². The normalized spacial score (nSPS) is 16.4. The van der Waals surface area contributed by atoms with Crippen LogP contribution in [-0.2, 0) is 26.3 Å². The minimum atomic E-state index is 0.0636. The quantitative estimate of drug-likeness (QED) is 0.793. The van der Waals surface area contributed by atoms with Crippen molar-refractivity contribution >= 4 is 11.6 Å². The van der Waals surface area contributed by atoms with Crippen molar-refractivity contribution in [1.82, 2.24) is 9.78 Å². The first kappa shape index (κ1) is 11.7. The summed E-state index contributed by atoms with van der Waals surface area (Å²) in [7, 11) is 1.94. The Morgan fingerprint density at radius 2 is 2.05 bits per heavy atom. The van der Waals surface area contributed by atoms with Gasteiger partial charge in [-0.1, -0.05) is 18.2 Å². The molecule has 2 aliphatic rings. The maximum Gasteiger partial charge on any atom is 0.279 e. The highest BCUT2D eigenvalue weighted by molar-refractivity contribution is 6.07. The number of amides is 1. The molecule has 4 rings (SSSR count). The van der Waals surface area contributed by atoms with Crippen LogP contribution in [0, 0.1) is 0 Å². The van der Waals surface area contributed by atoms with Crippen LogP contribution in [0.2, 0.25) is 0 Å². The number of para-hydroxylation sites is 1. The molecule has 0 fully saturated rings. The van der Waals surface area contributed by atoms with Gasteiger partial charge in [-0.2, -0.15) is 5.10 Å². The molecule has 4 nitrogen and oxygen atoms in total. The summed E-state index contributed by atoms with van der Waals surface area (Å²) in [6.45, 7) is 0.767. The number of hydrogen-bond acceptors (Lipinski definition) is 2. The van der Waals surface area contributed by atoms with E-state index in [2.05, 4.69) is 11.2 Å². The molecule has 4 heteroatoms. The van der Waals surface area contributed by atoms with Crippen molar-refractivity contribution in [2.45, 2.75) is 25.7 Å². The predicted octanol–water partition coefficient (Wildman–Crippen LogP) is 2.11. The minimum Gasteiger partial charge on any atom is -0.306 e. The van der Waals surface area contributed by atoms with Crippen LogP contribution in [-0.4, -0.2) is 22.2 Å². The highest BCUT2D eigenvalue weighted by atomic mass is 16.2. The van der Waals surface area contributed by atoms with E-state index in [0.29, 0.717) is 5.69 Å². The number of carbonyl (C=O) groups excluding carboxylic acids is 1. The lowest BCUT2D eigenvalue weighted by molar-refractivity contribution is 0.0983. The zero-order valence-corrected chi connectivity index (χ0v) is 11.6. The van der Waals surface area contributed by atoms with Crippen molar-refractivity contribution in [1.29, 1.82) is 0 Å². The van der Waals surface area contributed by atoms with Crippen LogP contribution in [0.5, 0.6) is 0 Å². The van der Waals surface area contributed by atoms with E-state index in [1.807, 2.05) is 34.8 Å². The van der Waals surface area contributed by atoms with Crippen molar-refractivity contribution in [3.05, 3.63) is 46.8 Å². The minimum absolute atomic E-state index is 0.0636. The SMILES string of the molecule is Cn1nc(C(=O)N2CCc3ccccc32)c2c1CCC2. The molecule has 1 aromatic heterocycles. The van der Waals surface area contributed by atoms with Crippen molar-refractivity contribution < 1.29 is 4.79 Å². The van der Waals surface area contributed by atoms with Crippen LogP contribution in [0.3, 0.4) is 0 Å². The summed E-state index contributed by atoms with van der Waals surface area (Å²) >= 11 is 0. The lowest BCUT2D eigenvalue weighted by atomic mass is 10.1. The summed E-state index contributed by atoms with van der Waals surface area (Å²) < 4.78 is 1.89. The summed E-state index contributed by atoms with van der Waals surface area (Å²) in [5, 5.41) is 4.48. The Balaban J connectivity index is 1.74. The molecule has 0 saturated carbocycles. The van der Waals surface area contributed by atoms with Crippen LogP contribution >= 0.6 is 0 Å². The largest absolute Gasteiger partial charge is 0.306 e. The Morgan fingerprint density at radius 1 is 1.20 bits per heavy atom. The van der Waals surface area contributed by atoms with E-state index in [0.717, 1.165) is 37.9 Å². The average molecular weight is 267 g/mol. The third-order valence-electron chi connectivity index (χ3n) is 4.45. The Bertz CT molecular complexity index is 702. The molecule has 0 unspecified atom stereocenters. The maximum absolute atomic E-state index is 12.8. The van der Waals surface area contributed by atoms with E-state index in [4.69, 9.17) is 0 Å². The van der Waals surface area contributed by atoms with Gasteiger partial charge in [-0.3, -0.25) is 9.48 Å². The summed E-state index contributed by atoms with van der Waals surface area (Å²) in [4.78, 5) is 14.7. The average Bonchev–Trinajstić information content (AvgIpc) is 3.14. The number of benzene rings is 1. The zero-order chi connectivity index (χ0) is 13.7. The third-order valence-corrected chi connectivity index (χ3v) is 4.45. The molecule has 0 N–H and O–H groups in total. The number of aryl methyl sites for hydroxylation is 1. The number of fused-ring (bicyclic) bond motifs is 2. The van der Waals surface area contributed by atoms with Gasteiger partial charge in [-0.15, -0.1) is 0 Å². The number of anilines is 1. The standard InChI is InChI=1S/C16H17N3O/c1-18-14-8-4-6-12(14)15(17-18)16(20)19-10-9-11-5-2-3-7-13(11)19/h2-3,5,7H,4,6,8-10H2,1H3. The van der Waals surface area contributed by atoms with Crippen molar-refractivity contribution in [2.24, 2.45) is 7.05 Å². The molecule has 102 valence electrons. The molecule has 1 aliphatic carbocycles. The number of rotatable bonds is 1. The molecule has 2 aromatic rings. The first-order valence-corrected chi connectivity index (χ1v) is 7.20. The molecular weight excluding hydrogens is 250 g/mol. The van der Waals surface area contributed by atoms with Crippen LogP contribution in [0.25, 0.3) is 0 Å². The van der Waals surface area contributed by atoms with E-state index in [9.17, 15) is 4.79 Å². The number of carbonyl (C=O) groups is 1. The van der Waals surface area contributed by atoms with Gasteiger partial charge in [0.25, 0.3) is 5.91 Å². The first-order chi connectivity index (χ1) is 9.75. The predicted molar refractivity (Wildman–Crippen MR) is 77.1 cm³/mol. The molecule has 0 spiro atoms. The van der Waals surface area contributed by atoms with E-state index < -0.39 is 0 Å². The van der Waals surface area contributed by atoms with Crippen molar-refractivity contribution in [3.63, 3.8) is 0 Å². The van der Waals surface area contributed by atoms with E-state index >= 15 is 0 Å². The van der Waals surface area contributed by atoms with Gasteiger partial charge in [-0.05, 0) is 37.3 Å². The highest BCUT2D eigenvalue weighted by Gasteiger charge is 2.31. The van der Waals surface area contributed by atoms with Crippen LogP contribution < -0.4 is 4.90 Å². The van der Waals surface area contributed by atoms with Crippen LogP contribution in [0.4, 0.5) is 5.69 Å². The Hall–Kier alpha value is -2.10. The van der Waals surface area contributed by atoms with Gasteiger partial charge in [0.2, 0.25) is 0 Å². The summed E-state index contributed by atoms with van der Waals surface area (Å²) in [5.41, 5.74) is 5.38. The molecule has 0 radical (unpaired) electrons. The Kier molecular flexibility index (Phi) is 2.46. The maximum atomic E-state index is 12.8. The Morgan fingerprint density at radius 3 is 2.95 bits per heavy atom. The van der Waals surface area contributed by atoms with Crippen LogP contribution in [0.15, 0.2) is 24.3 Å². The fraction of sp³-hybridized carbons (Fsp3) is 0.375. The second kappa shape index (κ2) is 4.20. The molecule has 1 amide bonds. The summed E-state index contributed by atoms with van der Waals surface area (Å²) in [6.07, 6.45) is 4.11. The van der Waals surface area contributed by atoms with Gasteiger partial charge in [-0.25, -0.2) is 0 Å². The lowest BCUT2D eigenvalue weighted by Crippen LogP contribution is -2.30. The van der Waals surface area contributed by atoms with Gasteiger partial charge in [0.05, 0.1) is 0 Å². The molecule has 0 saturated heterocycles. The lowest BCUT2D eigenvalue weighted by Gasteiger charge is -2.16. The zero-order valence-electron chi connectivity index (χ0n) is 11.6. The smallest absolute Gasteiger partial charge is 0.279 e. The van der Waals surface area contributed by atoms with Gasteiger partial charge in [0.1, 0.15) is 0 Å². The molecule has 1 aliphatic heterocycles. The van der Waals surface area contributed by atoms with Crippen molar-refractivity contribution in [3.8, 4) is 0 Å². The van der Waals surface area contributed by atoms with Crippen LogP contribution in [0.1, 0.15) is 33.7 Å². The third kappa shape index (κ3) is 1.54. The van der Waals surface area contributed by atoms with Gasteiger partial charge >= 0.3 is 0 Å². The molecule has 1 aromatic carbocycles. The Labute approximate surface area is 118 Å². The number of nitrogens with zero attached hydrogens (tertiary/aromatic N) is 3. The number of hydrogen-bond donors (Lipinski definition) is 0. The second-order valence-corrected chi connectivity index (χ2v) is 5.59. The fourth-order valence-corrected chi connectivity index (χ4v) is 3.46. The second-order valence-electron chi connectivity index (χ2n) is 5.59. The monoisotopic (exact) mass is 267 g/mol.